The van der Waals surface area contributed by atoms with Gasteiger partial charge in [-0.05, 0) is 13.5 Å². The second-order valence-electron chi connectivity index (χ2n) is 2.87. The minimum atomic E-state index is -1.02. The SMILES string of the molecule is CN1CC[C@H](F)[C@H]1C[N+](=O)[O-]. The van der Waals surface area contributed by atoms with Gasteiger partial charge in [-0.3, -0.25) is 15.0 Å². The number of likely N-dealkylation sites (tertiary alicyclic amines) is 1. The van der Waals surface area contributed by atoms with Gasteiger partial charge in [-0.25, -0.2) is 4.39 Å². The van der Waals surface area contributed by atoms with Crippen molar-refractivity contribution in [3.63, 3.8) is 0 Å². The number of hydrogen-bond acceptors (Lipinski definition) is 3. The first-order chi connectivity index (χ1) is 5.11. The lowest BCUT2D eigenvalue weighted by Gasteiger charge is -2.15. The maximum Gasteiger partial charge on any atom is 0.222 e. The number of hydrogen-bond donors (Lipinski definition) is 0. The largest absolute Gasteiger partial charge is 0.295 e. The molecule has 0 radical (unpaired) electrons. The maximum atomic E-state index is 12.9. The minimum absolute atomic E-state index is 0.280. The highest BCUT2D eigenvalue weighted by Gasteiger charge is 2.35. The van der Waals surface area contributed by atoms with Crippen LogP contribution in [0.2, 0.25) is 0 Å². The van der Waals surface area contributed by atoms with Crippen molar-refractivity contribution in [2.75, 3.05) is 20.1 Å². The molecule has 1 saturated heterocycles. The van der Waals surface area contributed by atoms with Crippen molar-refractivity contribution in [2.24, 2.45) is 0 Å². The first kappa shape index (κ1) is 8.39. The molecule has 0 spiro atoms. The molecule has 0 amide bonds. The van der Waals surface area contributed by atoms with Crippen LogP contribution in [0.3, 0.4) is 0 Å². The quantitative estimate of drug-likeness (QED) is 0.433. The van der Waals surface area contributed by atoms with Gasteiger partial charge < -0.3 is 0 Å². The first-order valence-electron chi connectivity index (χ1n) is 3.57. The smallest absolute Gasteiger partial charge is 0.222 e. The van der Waals surface area contributed by atoms with E-state index >= 15 is 0 Å². The van der Waals surface area contributed by atoms with Gasteiger partial charge in [-0.15, -0.1) is 0 Å². The van der Waals surface area contributed by atoms with Crippen LogP contribution in [0.4, 0.5) is 4.39 Å². The third kappa shape index (κ3) is 1.86. The topological polar surface area (TPSA) is 46.4 Å². The fourth-order valence-electron chi connectivity index (χ4n) is 1.37. The van der Waals surface area contributed by atoms with Crippen LogP contribution in [0.25, 0.3) is 0 Å². The summed E-state index contributed by atoms with van der Waals surface area (Å²) in [5.74, 6) is 0. The molecular formula is C6H11FN2O2. The zero-order chi connectivity index (χ0) is 8.43. The molecule has 0 aromatic carbocycles. The Hall–Kier alpha value is -0.710. The molecule has 11 heavy (non-hydrogen) atoms. The average molecular weight is 162 g/mol. The van der Waals surface area contributed by atoms with Crippen molar-refractivity contribution in [1.29, 1.82) is 0 Å². The standard InChI is InChI=1S/C6H11FN2O2/c1-8-3-2-5(7)6(8)4-9(10)11/h5-6H,2-4H2,1H3/t5-,6+/m0/s1. The van der Waals surface area contributed by atoms with E-state index in [9.17, 15) is 14.5 Å². The Balaban J connectivity index is 2.47. The fourth-order valence-corrected chi connectivity index (χ4v) is 1.37. The van der Waals surface area contributed by atoms with Crippen LogP contribution in [0.15, 0.2) is 0 Å². The van der Waals surface area contributed by atoms with Crippen molar-refractivity contribution in [3.8, 4) is 0 Å². The molecule has 0 aromatic rings. The predicted molar refractivity (Wildman–Crippen MR) is 37.8 cm³/mol. The lowest BCUT2D eigenvalue weighted by atomic mass is 10.2. The van der Waals surface area contributed by atoms with E-state index in [0.29, 0.717) is 13.0 Å². The molecule has 1 fully saturated rings. The van der Waals surface area contributed by atoms with E-state index in [2.05, 4.69) is 0 Å². The van der Waals surface area contributed by atoms with Gasteiger partial charge in [0, 0.05) is 11.5 Å². The van der Waals surface area contributed by atoms with Crippen LogP contribution in [-0.4, -0.2) is 42.2 Å². The number of rotatable bonds is 2. The van der Waals surface area contributed by atoms with Crippen LogP contribution in [0, 0.1) is 10.1 Å². The molecule has 0 bridgehead atoms. The van der Waals surface area contributed by atoms with Crippen LogP contribution in [0.5, 0.6) is 0 Å². The molecule has 1 aliphatic rings. The Morgan fingerprint density at radius 2 is 2.45 bits per heavy atom. The molecule has 1 rings (SSSR count). The van der Waals surface area contributed by atoms with E-state index in [1.165, 1.54) is 0 Å². The molecule has 0 N–H and O–H groups in total. The number of likely N-dealkylation sites (N-methyl/N-ethyl adjacent to an activating group) is 1. The van der Waals surface area contributed by atoms with Crippen molar-refractivity contribution in [3.05, 3.63) is 10.1 Å². The highest BCUT2D eigenvalue weighted by atomic mass is 19.1. The molecule has 0 aliphatic carbocycles. The second kappa shape index (κ2) is 3.13. The maximum absolute atomic E-state index is 12.9. The molecule has 64 valence electrons. The van der Waals surface area contributed by atoms with E-state index in [4.69, 9.17) is 0 Å². The van der Waals surface area contributed by atoms with Crippen LogP contribution < -0.4 is 0 Å². The summed E-state index contributed by atoms with van der Waals surface area (Å²) in [4.78, 5) is 11.3. The summed E-state index contributed by atoms with van der Waals surface area (Å²) in [6, 6.07) is -0.509. The summed E-state index contributed by atoms with van der Waals surface area (Å²) in [7, 11) is 1.72. The Labute approximate surface area is 64.1 Å². The number of alkyl halides is 1. The van der Waals surface area contributed by atoms with Crippen LogP contribution in [-0.2, 0) is 0 Å². The summed E-state index contributed by atoms with van der Waals surface area (Å²) in [6.45, 7) is 0.345. The average Bonchev–Trinajstić information content (AvgIpc) is 2.18. The molecule has 0 aromatic heterocycles. The third-order valence-corrected chi connectivity index (χ3v) is 2.08. The molecule has 2 atom stereocenters. The molecule has 0 saturated carbocycles. The molecule has 0 unspecified atom stereocenters. The van der Waals surface area contributed by atoms with Gasteiger partial charge in [0.25, 0.3) is 0 Å². The summed E-state index contributed by atoms with van der Waals surface area (Å²) < 4.78 is 12.9. The van der Waals surface area contributed by atoms with Gasteiger partial charge in [0.2, 0.25) is 6.54 Å². The van der Waals surface area contributed by atoms with Crippen molar-refractivity contribution in [2.45, 2.75) is 18.6 Å². The van der Waals surface area contributed by atoms with Gasteiger partial charge in [0.15, 0.2) is 0 Å². The predicted octanol–water partition coefficient (Wildman–Crippen LogP) is 0.305. The Bertz CT molecular complexity index is 155. The lowest BCUT2D eigenvalue weighted by Crippen LogP contribution is -2.36. The summed E-state index contributed by atoms with van der Waals surface area (Å²) in [5, 5.41) is 10.1. The molecule has 1 aliphatic heterocycles. The minimum Gasteiger partial charge on any atom is -0.295 e. The lowest BCUT2D eigenvalue weighted by molar-refractivity contribution is -0.487. The van der Waals surface area contributed by atoms with Crippen molar-refractivity contribution >= 4 is 0 Å². The van der Waals surface area contributed by atoms with Gasteiger partial charge in [0.1, 0.15) is 12.2 Å². The number of nitro groups is 1. The second-order valence-corrected chi connectivity index (χ2v) is 2.87. The summed E-state index contributed by atoms with van der Waals surface area (Å²) in [6.07, 6.45) is -0.597. The van der Waals surface area contributed by atoms with Gasteiger partial charge >= 0.3 is 0 Å². The Kier molecular flexibility index (Phi) is 2.38. The Morgan fingerprint density at radius 3 is 2.82 bits per heavy atom. The van der Waals surface area contributed by atoms with E-state index in [1.807, 2.05) is 0 Å². The van der Waals surface area contributed by atoms with Crippen molar-refractivity contribution in [1.82, 2.24) is 4.90 Å². The van der Waals surface area contributed by atoms with Crippen molar-refractivity contribution < 1.29 is 9.31 Å². The zero-order valence-electron chi connectivity index (χ0n) is 6.36. The van der Waals surface area contributed by atoms with E-state index in [-0.39, 0.29) is 6.54 Å². The molecular weight excluding hydrogens is 151 g/mol. The summed E-state index contributed by atoms with van der Waals surface area (Å²) >= 11 is 0. The summed E-state index contributed by atoms with van der Waals surface area (Å²) in [5.41, 5.74) is 0. The molecule has 4 nitrogen and oxygen atoms in total. The van der Waals surface area contributed by atoms with Gasteiger partial charge in [-0.2, -0.15) is 0 Å². The first-order valence-corrected chi connectivity index (χ1v) is 3.57. The Morgan fingerprint density at radius 1 is 1.82 bits per heavy atom. The van der Waals surface area contributed by atoms with Crippen LogP contribution in [0.1, 0.15) is 6.42 Å². The molecule has 1 heterocycles. The molecule has 5 heteroatoms. The van der Waals surface area contributed by atoms with Gasteiger partial charge in [-0.1, -0.05) is 0 Å². The van der Waals surface area contributed by atoms with E-state index < -0.39 is 17.1 Å². The third-order valence-electron chi connectivity index (χ3n) is 2.08. The number of halogens is 1. The van der Waals surface area contributed by atoms with Gasteiger partial charge in [0.05, 0.1) is 0 Å². The monoisotopic (exact) mass is 162 g/mol. The highest BCUT2D eigenvalue weighted by molar-refractivity contribution is 4.84. The normalized spacial score (nSPS) is 32.5. The van der Waals surface area contributed by atoms with Crippen LogP contribution >= 0.6 is 0 Å². The van der Waals surface area contributed by atoms with E-state index in [0.717, 1.165) is 0 Å². The van der Waals surface area contributed by atoms with E-state index in [1.54, 1.807) is 11.9 Å². The fraction of sp³-hybridized carbons (Fsp3) is 1.00. The number of nitrogens with zero attached hydrogens (tertiary/aromatic N) is 2. The highest BCUT2D eigenvalue weighted by Crippen LogP contribution is 2.18. The zero-order valence-corrected chi connectivity index (χ0v) is 6.36.